The van der Waals surface area contributed by atoms with Gasteiger partial charge in [0.2, 0.25) is 0 Å². The van der Waals surface area contributed by atoms with E-state index in [0.29, 0.717) is 12.4 Å². The number of ether oxygens (including phenoxy) is 2. The van der Waals surface area contributed by atoms with Crippen molar-refractivity contribution in [3.05, 3.63) is 77.0 Å². The molecule has 4 nitrogen and oxygen atoms in total. The lowest BCUT2D eigenvalue weighted by atomic mass is 10.1. The number of nitrogens with zero attached hydrogens (tertiary/aromatic N) is 2. The first-order valence-corrected chi connectivity index (χ1v) is 8.40. The average Bonchev–Trinajstić information content (AvgIpc) is 2.62. The van der Waals surface area contributed by atoms with E-state index in [0.717, 1.165) is 39.4 Å². The fraction of sp³-hybridized carbons (Fsp3) is 0.182. The van der Waals surface area contributed by atoms with Crippen LogP contribution < -0.4 is 9.47 Å². The Kier molecular flexibility index (Phi) is 5.19. The smallest absolute Gasteiger partial charge is 0.292 e. The second kappa shape index (κ2) is 7.71. The van der Waals surface area contributed by atoms with E-state index in [-0.39, 0.29) is 0 Å². The maximum atomic E-state index is 8.80. The van der Waals surface area contributed by atoms with Crippen molar-refractivity contribution in [1.29, 1.82) is 5.26 Å². The molecule has 0 saturated carbocycles. The number of aryl methyl sites for hydroxylation is 3. The van der Waals surface area contributed by atoms with Gasteiger partial charge in [0.05, 0.1) is 5.69 Å². The van der Waals surface area contributed by atoms with Crippen molar-refractivity contribution in [1.82, 2.24) is 4.98 Å². The first-order chi connectivity index (χ1) is 12.6. The molecule has 3 aromatic rings. The summed E-state index contributed by atoms with van der Waals surface area (Å²) < 4.78 is 11.0. The second-order valence-corrected chi connectivity index (χ2v) is 6.18. The minimum Gasteiger partial charge on any atom is -0.488 e. The van der Waals surface area contributed by atoms with Crippen LogP contribution in [0.5, 0.6) is 11.5 Å². The van der Waals surface area contributed by atoms with Gasteiger partial charge < -0.3 is 9.47 Å². The molecule has 0 amide bonds. The number of rotatable bonds is 5. The number of aromatic nitrogens is 1. The monoisotopic (exact) mass is 344 g/mol. The summed E-state index contributed by atoms with van der Waals surface area (Å²) in [5, 5.41) is 8.80. The van der Waals surface area contributed by atoms with Crippen molar-refractivity contribution in [2.45, 2.75) is 27.4 Å². The van der Waals surface area contributed by atoms with Crippen LogP contribution >= 0.6 is 0 Å². The molecule has 2 aromatic carbocycles. The van der Waals surface area contributed by atoms with Gasteiger partial charge in [0.15, 0.2) is 0 Å². The molecule has 0 radical (unpaired) electrons. The molecule has 0 fully saturated rings. The average molecular weight is 344 g/mol. The first kappa shape index (κ1) is 17.5. The highest BCUT2D eigenvalue weighted by atomic mass is 16.5. The van der Waals surface area contributed by atoms with E-state index >= 15 is 0 Å². The third-order valence-electron chi connectivity index (χ3n) is 4.25. The van der Waals surface area contributed by atoms with Crippen LogP contribution in [0.2, 0.25) is 0 Å². The van der Waals surface area contributed by atoms with Crippen LogP contribution in [0.3, 0.4) is 0 Å². The highest BCUT2D eigenvalue weighted by Crippen LogP contribution is 2.28. The first-order valence-electron chi connectivity index (χ1n) is 8.40. The van der Waals surface area contributed by atoms with E-state index in [1.54, 1.807) is 12.3 Å². The molecule has 3 rings (SSSR count). The van der Waals surface area contributed by atoms with Gasteiger partial charge in [-0.2, -0.15) is 0 Å². The summed E-state index contributed by atoms with van der Waals surface area (Å²) in [6.07, 6.45) is 1.73. The number of pyridine rings is 1. The van der Waals surface area contributed by atoms with E-state index < -0.39 is 0 Å². The number of benzene rings is 2. The molecule has 0 spiro atoms. The van der Waals surface area contributed by atoms with Crippen LogP contribution in [0.1, 0.15) is 22.4 Å². The lowest BCUT2D eigenvalue weighted by molar-refractivity contribution is 0.298. The Labute approximate surface area is 153 Å². The predicted molar refractivity (Wildman–Crippen MR) is 101 cm³/mol. The minimum absolute atomic E-state index is 0.340. The summed E-state index contributed by atoms with van der Waals surface area (Å²) in [7, 11) is 0. The van der Waals surface area contributed by atoms with Crippen molar-refractivity contribution in [2.24, 2.45) is 0 Å². The van der Waals surface area contributed by atoms with E-state index in [1.165, 1.54) is 0 Å². The molecule has 1 aromatic heterocycles. The van der Waals surface area contributed by atoms with Gasteiger partial charge in [-0.3, -0.25) is 4.98 Å². The molecule has 1 heterocycles. The Morgan fingerprint density at radius 3 is 2.46 bits per heavy atom. The molecule has 26 heavy (non-hydrogen) atoms. The third kappa shape index (κ3) is 3.84. The molecule has 0 aliphatic heterocycles. The molecule has 0 saturated heterocycles. The van der Waals surface area contributed by atoms with Crippen LogP contribution in [0.15, 0.2) is 54.6 Å². The predicted octanol–water partition coefficient (Wildman–Crippen LogP) is 5.11. The molecular weight excluding hydrogens is 324 g/mol. The Bertz CT molecular complexity index is 974. The largest absolute Gasteiger partial charge is 0.488 e. The Hall–Kier alpha value is -3.32. The van der Waals surface area contributed by atoms with Gasteiger partial charge in [0, 0.05) is 16.8 Å². The number of hydrogen-bond donors (Lipinski definition) is 0. The molecule has 0 bridgehead atoms. The van der Waals surface area contributed by atoms with Crippen LogP contribution in [0.4, 0.5) is 0 Å². The zero-order chi connectivity index (χ0) is 18.5. The van der Waals surface area contributed by atoms with Gasteiger partial charge in [-0.15, -0.1) is 5.26 Å². The van der Waals surface area contributed by atoms with Crippen molar-refractivity contribution in [3.63, 3.8) is 0 Å². The van der Waals surface area contributed by atoms with Gasteiger partial charge >= 0.3 is 0 Å². The SMILES string of the molecule is Cc1cccc(-c2ccc(OCc3c(C)cccc3OC#N)c(C)c2)n1. The highest BCUT2D eigenvalue weighted by Gasteiger charge is 2.10. The second-order valence-electron chi connectivity index (χ2n) is 6.18. The standard InChI is InChI=1S/C22H20N2O2/c1-15-6-4-9-22(26-14-23)19(15)13-25-21-11-10-18(12-16(21)2)20-8-5-7-17(3)24-20/h4-12H,13H2,1-3H3. The molecular formula is C22H20N2O2. The van der Waals surface area contributed by atoms with Crippen molar-refractivity contribution in [2.75, 3.05) is 0 Å². The van der Waals surface area contributed by atoms with Crippen LogP contribution in [0.25, 0.3) is 11.3 Å². The summed E-state index contributed by atoms with van der Waals surface area (Å²) in [6.45, 7) is 6.31. The summed E-state index contributed by atoms with van der Waals surface area (Å²) in [5.74, 6) is 1.33. The summed E-state index contributed by atoms with van der Waals surface area (Å²) in [6, 6.07) is 17.6. The van der Waals surface area contributed by atoms with Crippen molar-refractivity contribution >= 4 is 0 Å². The zero-order valence-corrected chi connectivity index (χ0v) is 15.1. The van der Waals surface area contributed by atoms with Crippen molar-refractivity contribution < 1.29 is 9.47 Å². The normalized spacial score (nSPS) is 10.2. The fourth-order valence-corrected chi connectivity index (χ4v) is 2.83. The minimum atomic E-state index is 0.340. The quantitative estimate of drug-likeness (QED) is 0.603. The molecule has 0 unspecified atom stereocenters. The number of nitriles is 1. The molecule has 0 aliphatic rings. The van der Waals surface area contributed by atoms with E-state index in [2.05, 4.69) is 11.1 Å². The Morgan fingerprint density at radius 2 is 1.73 bits per heavy atom. The van der Waals surface area contributed by atoms with Crippen LogP contribution in [-0.4, -0.2) is 4.98 Å². The maximum absolute atomic E-state index is 8.80. The van der Waals surface area contributed by atoms with Gasteiger partial charge in [0.25, 0.3) is 6.26 Å². The third-order valence-corrected chi connectivity index (χ3v) is 4.25. The van der Waals surface area contributed by atoms with Gasteiger partial charge in [0.1, 0.15) is 18.1 Å². The summed E-state index contributed by atoms with van der Waals surface area (Å²) >= 11 is 0. The van der Waals surface area contributed by atoms with Crippen molar-refractivity contribution in [3.8, 4) is 29.0 Å². The Balaban J connectivity index is 1.81. The van der Waals surface area contributed by atoms with Gasteiger partial charge in [-0.1, -0.05) is 18.2 Å². The van der Waals surface area contributed by atoms with Crippen LogP contribution in [0, 0.1) is 32.3 Å². The number of hydrogen-bond acceptors (Lipinski definition) is 4. The van der Waals surface area contributed by atoms with E-state index in [9.17, 15) is 0 Å². The lowest BCUT2D eigenvalue weighted by Crippen LogP contribution is -2.02. The molecule has 0 aliphatic carbocycles. The van der Waals surface area contributed by atoms with Crippen LogP contribution in [-0.2, 0) is 6.61 Å². The molecule has 0 N–H and O–H groups in total. The Morgan fingerprint density at radius 1 is 0.923 bits per heavy atom. The molecule has 0 atom stereocenters. The van der Waals surface area contributed by atoms with Gasteiger partial charge in [-0.25, -0.2) is 0 Å². The highest BCUT2D eigenvalue weighted by molar-refractivity contribution is 5.62. The van der Waals surface area contributed by atoms with E-state index in [1.807, 2.05) is 63.2 Å². The van der Waals surface area contributed by atoms with Gasteiger partial charge in [-0.05, 0) is 68.3 Å². The van der Waals surface area contributed by atoms with E-state index in [4.69, 9.17) is 14.7 Å². The molecule has 130 valence electrons. The lowest BCUT2D eigenvalue weighted by Gasteiger charge is -2.14. The topological polar surface area (TPSA) is 55.1 Å². The maximum Gasteiger partial charge on any atom is 0.292 e. The summed E-state index contributed by atoms with van der Waals surface area (Å²) in [4.78, 5) is 4.56. The summed E-state index contributed by atoms with van der Waals surface area (Å²) in [5.41, 5.74) is 5.92. The fourth-order valence-electron chi connectivity index (χ4n) is 2.83. The zero-order valence-electron chi connectivity index (χ0n) is 15.1. The molecule has 4 heteroatoms.